The van der Waals surface area contributed by atoms with Gasteiger partial charge in [-0.2, -0.15) is 0 Å². The van der Waals surface area contributed by atoms with Crippen molar-refractivity contribution in [2.75, 3.05) is 10.7 Å². The maximum Gasteiger partial charge on any atom is 0.230 e. The minimum Gasteiger partial charge on any atom is -0.304 e. The van der Waals surface area contributed by atoms with Crippen LogP contribution in [0.3, 0.4) is 0 Å². The van der Waals surface area contributed by atoms with E-state index in [2.05, 4.69) is 15.9 Å². The summed E-state index contributed by atoms with van der Waals surface area (Å²) in [6.07, 6.45) is 3.40. The van der Waals surface area contributed by atoms with Crippen molar-refractivity contribution in [1.82, 2.24) is 0 Å². The number of sulfone groups is 1. The highest BCUT2D eigenvalue weighted by atomic mass is 79.9. The molecule has 1 aliphatic carbocycles. The lowest BCUT2D eigenvalue weighted by Gasteiger charge is -2.27. The van der Waals surface area contributed by atoms with E-state index in [1.807, 2.05) is 24.3 Å². The molecule has 1 aromatic rings. The van der Waals surface area contributed by atoms with Gasteiger partial charge >= 0.3 is 0 Å². The van der Waals surface area contributed by atoms with Crippen LogP contribution in [0.5, 0.6) is 0 Å². The molecule has 1 atom stereocenters. The van der Waals surface area contributed by atoms with Crippen molar-refractivity contribution < 1.29 is 13.2 Å². The second-order valence-electron chi connectivity index (χ2n) is 5.18. The molecule has 0 aromatic heterocycles. The van der Waals surface area contributed by atoms with Gasteiger partial charge in [-0.3, -0.25) is 4.79 Å². The SMILES string of the molecule is O=C(C1CC1)N(c1ccc(Br)cc1)[C@@H]1C=CS(=O)(=O)C1. The Kier molecular flexibility index (Phi) is 3.46. The molecule has 106 valence electrons. The third-order valence-electron chi connectivity index (χ3n) is 3.51. The fraction of sp³-hybridized carbons (Fsp3) is 0.357. The zero-order chi connectivity index (χ0) is 14.3. The van der Waals surface area contributed by atoms with E-state index in [0.29, 0.717) is 0 Å². The Morgan fingerprint density at radius 3 is 2.35 bits per heavy atom. The quantitative estimate of drug-likeness (QED) is 0.836. The zero-order valence-electron chi connectivity index (χ0n) is 10.7. The molecule has 1 aromatic carbocycles. The summed E-state index contributed by atoms with van der Waals surface area (Å²) in [5, 5.41) is 1.21. The van der Waals surface area contributed by atoms with Crippen LogP contribution in [0.4, 0.5) is 5.69 Å². The lowest BCUT2D eigenvalue weighted by molar-refractivity contribution is -0.120. The number of nitrogens with zero attached hydrogens (tertiary/aromatic N) is 1. The average molecular weight is 356 g/mol. The molecule has 0 spiro atoms. The van der Waals surface area contributed by atoms with Crippen molar-refractivity contribution in [2.24, 2.45) is 5.92 Å². The molecule has 2 aliphatic rings. The molecular weight excluding hydrogens is 342 g/mol. The van der Waals surface area contributed by atoms with Gasteiger partial charge in [-0.25, -0.2) is 8.42 Å². The Bertz CT molecular complexity index is 662. The van der Waals surface area contributed by atoms with Gasteiger partial charge in [0.2, 0.25) is 5.91 Å². The summed E-state index contributed by atoms with van der Waals surface area (Å²) in [5.41, 5.74) is 0.747. The Labute approximate surface area is 126 Å². The summed E-state index contributed by atoms with van der Waals surface area (Å²) in [4.78, 5) is 14.1. The second kappa shape index (κ2) is 5.00. The summed E-state index contributed by atoms with van der Waals surface area (Å²) >= 11 is 3.36. The van der Waals surface area contributed by atoms with Crippen LogP contribution in [0.2, 0.25) is 0 Å². The van der Waals surface area contributed by atoms with Gasteiger partial charge in [-0.1, -0.05) is 15.9 Å². The highest BCUT2D eigenvalue weighted by Crippen LogP contribution is 2.35. The van der Waals surface area contributed by atoms with E-state index < -0.39 is 15.9 Å². The van der Waals surface area contributed by atoms with Gasteiger partial charge in [-0.15, -0.1) is 0 Å². The van der Waals surface area contributed by atoms with E-state index in [1.54, 1.807) is 11.0 Å². The molecule has 0 saturated heterocycles. The predicted molar refractivity (Wildman–Crippen MR) is 81.1 cm³/mol. The molecule has 3 rings (SSSR count). The van der Waals surface area contributed by atoms with Crippen LogP contribution < -0.4 is 4.90 Å². The second-order valence-corrected chi connectivity index (χ2v) is 8.03. The molecular formula is C14H14BrNO3S. The standard InChI is InChI=1S/C14H14BrNO3S/c15-11-3-5-12(6-4-11)16(14(17)10-1-2-10)13-7-8-20(18,19)9-13/h3-8,10,13H,1-2,9H2/t13-/m1/s1. The van der Waals surface area contributed by atoms with Gasteiger partial charge in [0.1, 0.15) is 0 Å². The van der Waals surface area contributed by atoms with E-state index in [1.165, 1.54) is 5.41 Å². The molecule has 1 saturated carbocycles. The molecule has 1 aliphatic heterocycles. The van der Waals surface area contributed by atoms with Crippen LogP contribution in [-0.4, -0.2) is 26.1 Å². The number of benzene rings is 1. The topological polar surface area (TPSA) is 54.5 Å². The van der Waals surface area contributed by atoms with Crippen molar-refractivity contribution >= 4 is 37.4 Å². The Morgan fingerprint density at radius 1 is 1.20 bits per heavy atom. The Balaban J connectivity index is 1.94. The van der Waals surface area contributed by atoms with Crippen molar-refractivity contribution in [3.05, 3.63) is 40.2 Å². The molecule has 4 nitrogen and oxygen atoms in total. The lowest BCUT2D eigenvalue weighted by atomic mass is 10.2. The number of rotatable bonds is 3. The number of hydrogen-bond acceptors (Lipinski definition) is 3. The maximum atomic E-state index is 12.5. The third kappa shape index (κ3) is 2.81. The highest BCUT2D eigenvalue weighted by molar-refractivity contribution is 9.10. The minimum atomic E-state index is -3.18. The summed E-state index contributed by atoms with van der Waals surface area (Å²) in [7, 11) is -3.18. The van der Waals surface area contributed by atoms with Gasteiger partial charge in [-0.05, 0) is 43.2 Å². The van der Waals surface area contributed by atoms with Crippen molar-refractivity contribution in [1.29, 1.82) is 0 Å². The van der Waals surface area contributed by atoms with Crippen molar-refractivity contribution in [3.63, 3.8) is 0 Å². The number of amides is 1. The molecule has 1 amide bonds. The van der Waals surface area contributed by atoms with Gasteiger partial charge in [0.25, 0.3) is 0 Å². The summed E-state index contributed by atoms with van der Waals surface area (Å²) < 4.78 is 24.1. The Hall–Kier alpha value is -1.14. The molecule has 0 N–H and O–H groups in total. The van der Waals surface area contributed by atoms with Crippen LogP contribution in [0.25, 0.3) is 0 Å². The fourth-order valence-corrected chi connectivity index (χ4v) is 3.86. The van der Waals surface area contributed by atoms with Gasteiger partial charge in [0.05, 0.1) is 11.8 Å². The monoisotopic (exact) mass is 355 g/mol. The van der Waals surface area contributed by atoms with E-state index in [9.17, 15) is 13.2 Å². The molecule has 1 heterocycles. The molecule has 0 radical (unpaired) electrons. The normalized spacial score (nSPS) is 23.8. The summed E-state index contributed by atoms with van der Waals surface area (Å²) in [6.45, 7) is 0. The number of halogens is 1. The smallest absolute Gasteiger partial charge is 0.230 e. The minimum absolute atomic E-state index is 0.0263. The first kappa shape index (κ1) is 13.8. The van der Waals surface area contributed by atoms with E-state index in [-0.39, 0.29) is 17.6 Å². The fourth-order valence-electron chi connectivity index (χ4n) is 2.33. The molecule has 6 heteroatoms. The summed E-state index contributed by atoms with van der Waals surface area (Å²) in [5.74, 6) is 0.0519. The molecule has 0 bridgehead atoms. The molecule has 20 heavy (non-hydrogen) atoms. The third-order valence-corrected chi connectivity index (χ3v) is 5.42. The number of hydrogen-bond donors (Lipinski definition) is 0. The van der Waals surface area contributed by atoms with Crippen LogP contribution in [0.1, 0.15) is 12.8 Å². The number of carbonyl (C=O) groups is 1. The predicted octanol–water partition coefficient (Wildman–Crippen LogP) is 2.50. The van der Waals surface area contributed by atoms with Gasteiger partial charge in [0.15, 0.2) is 9.84 Å². The summed E-state index contributed by atoms with van der Waals surface area (Å²) in [6, 6.07) is 6.99. The molecule has 1 fully saturated rings. The highest BCUT2D eigenvalue weighted by Gasteiger charge is 2.39. The Morgan fingerprint density at radius 2 is 1.85 bits per heavy atom. The first-order valence-electron chi connectivity index (χ1n) is 6.46. The van der Waals surface area contributed by atoms with Crippen molar-refractivity contribution in [3.8, 4) is 0 Å². The molecule has 0 unspecified atom stereocenters. The van der Waals surface area contributed by atoms with E-state index >= 15 is 0 Å². The van der Waals surface area contributed by atoms with Crippen molar-refractivity contribution in [2.45, 2.75) is 18.9 Å². The van der Waals surface area contributed by atoms with Crippen LogP contribution >= 0.6 is 15.9 Å². The van der Waals surface area contributed by atoms with Crippen LogP contribution in [0.15, 0.2) is 40.2 Å². The van der Waals surface area contributed by atoms with Crippen LogP contribution in [0, 0.1) is 5.92 Å². The van der Waals surface area contributed by atoms with E-state index in [0.717, 1.165) is 23.0 Å². The lowest BCUT2D eigenvalue weighted by Crippen LogP contribution is -2.42. The van der Waals surface area contributed by atoms with Gasteiger partial charge < -0.3 is 4.90 Å². The largest absolute Gasteiger partial charge is 0.304 e. The first-order chi connectivity index (χ1) is 9.46. The average Bonchev–Trinajstić information content (AvgIpc) is 3.17. The number of carbonyl (C=O) groups excluding carboxylic acids is 1. The van der Waals surface area contributed by atoms with Gasteiger partial charge in [0, 0.05) is 21.5 Å². The number of anilines is 1. The van der Waals surface area contributed by atoms with Crippen LogP contribution in [-0.2, 0) is 14.6 Å². The maximum absolute atomic E-state index is 12.5. The first-order valence-corrected chi connectivity index (χ1v) is 8.97. The zero-order valence-corrected chi connectivity index (χ0v) is 13.1. The van der Waals surface area contributed by atoms with E-state index in [4.69, 9.17) is 0 Å².